The van der Waals surface area contributed by atoms with Crippen LogP contribution in [0.15, 0.2) is 42.5 Å². The van der Waals surface area contributed by atoms with Crippen molar-refractivity contribution in [2.45, 2.75) is 26.1 Å². The smallest absolute Gasteiger partial charge is 0.416 e. The summed E-state index contributed by atoms with van der Waals surface area (Å²) >= 11 is 0. The molecule has 0 aliphatic rings. The van der Waals surface area contributed by atoms with E-state index in [4.69, 9.17) is 10.00 Å². The van der Waals surface area contributed by atoms with Crippen molar-refractivity contribution in [3.8, 4) is 11.8 Å². The molecule has 1 atom stereocenters. The predicted molar refractivity (Wildman–Crippen MR) is 86.1 cm³/mol. The molecule has 2 rings (SSSR count). The lowest BCUT2D eigenvalue weighted by atomic mass is 10.1. The van der Waals surface area contributed by atoms with Gasteiger partial charge in [-0.2, -0.15) is 18.4 Å². The number of nitriles is 1. The van der Waals surface area contributed by atoms with Gasteiger partial charge in [0.15, 0.2) is 6.10 Å². The summed E-state index contributed by atoms with van der Waals surface area (Å²) in [6, 6.07) is 11.9. The zero-order valence-corrected chi connectivity index (χ0v) is 13.5. The number of nitrogens with one attached hydrogen (secondary N) is 1. The number of halogens is 3. The van der Waals surface area contributed by atoms with E-state index in [1.54, 1.807) is 12.1 Å². The number of alkyl halides is 3. The predicted octanol–water partition coefficient (Wildman–Crippen LogP) is 4.29. The van der Waals surface area contributed by atoms with E-state index in [0.29, 0.717) is 0 Å². The molecule has 2 aromatic carbocycles. The minimum atomic E-state index is -4.50. The molecule has 7 heteroatoms. The monoisotopic (exact) mass is 348 g/mol. The van der Waals surface area contributed by atoms with Gasteiger partial charge in [-0.05, 0) is 43.7 Å². The van der Waals surface area contributed by atoms with E-state index in [9.17, 15) is 18.0 Å². The lowest BCUT2D eigenvalue weighted by Crippen LogP contribution is -2.30. The fourth-order valence-electron chi connectivity index (χ4n) is 2.15. The van der Waals surface area contributed by atoms with Crippen LogP contribution in [-0.4, -0.2) is 12.0 Å². The lowest BCUT2D eigenvalue weighted by Gasteiger charge is -2.17. The number of carbonyl (C=O) groups excluding carboxylic acids is 1. The molecule has 0 aliphatic carbocycles. The molecular formula is C18H15F3N2O2. The molecule has 0 aromatic heterocycles. The van der Waals surface area contributed by atoms with Crippen molar-refractivity contribution in [3.05, 3.63) is 59.2 Å². The van der Waals surface area contributed by atoms with Crippen LogP contribution in [0.5, 0.6) is 5.75 Å². The van der Waals surface area contributed by atoms with Gasteiger partial charge in [-0.25, -0.2) is 0 Å². The number of aryl methyl sites for hydroxylation is 1. The summed E-state index contributed by atoms with van der Waals surface area (Å²) in [6.45, 7) is 2.79. The molecule has 25 heavy (non-hydrogen) atoms. The molecule has 1 amide bonds. The molecule has 0 aliphatic heterocycles. The maximum Gasteiger partial charge on any atom is 0.416 e. The maximum atomic E-state index is 12.9. The number of benzene rings is 2. The topological polar surface area (TPSA) is 62.1 Å². The molecule has 0 radical (unpaired) electrons. The molecule has 2 aromatic rings. The van der Waals surface area contributed by atoms with Crippen LogP contribution < -0.4 is 10.1 Å². The largest absolute Gasteiger partial charge is 0.480 e. The number of carbonyl (C=O) groups is 1. The van der Waals surface area contributed by atoms with Gasteiger partial charge in [0.2, 0.25) is 0 Å². The Morgan fingerprint density at radius 3 is 2.56 bits per heavy atom. The highest BCUT2D eigenvalue weighted by molar-refractivity contribution is 5.94. The lowest BCUT2D eigenvalue weighted by molar-refractivity contribution is -0.138. The normalized spacial score (nSPS) is 12.2. The maximum absolute atomic E-state index is 12.9. The Morgan fingerprint density at radius 2 is 1.92 bits per heavy atom. The fourth-order valence-corrected chi connectivity index (χ4v) is 2.15. The number of amides is 1. The molecule has 0 spiro atoms. The summed E-state index contributed by atoms with van der Waals surface area (Å²) < 4.78 is 44.2. The molecule has 0 fully saturated rings. The summed E-state index contributed by atoms with van der Waals surface area (Å²) in [5.41, 5.74) is -0.463. The molecule has 4 nitrogen and oxygen atoms in total. The van der Waals surface area contributed by atoms with Crippen LogP contribution in [0.1, 0.15) is 23.6 Å². The van der Waals surface area contributed by atoms with Crippen LogP contribution in [0.4, 0.5) is 18.9 Å². The first-order chi connectivity index (χ1) is 11.7. The standard InChI is InChI=1S/C18H15F3N2O2/c1-11-7-8-14(9-15(11)18(19,20)21)23-17(24)12(2)25-16-6-4-3-5-13(16)10-22/h3-9,12H,1-2H3,(H,23,24). The number of ether oxygens (including phenoxy) is 1. The number of rotatable bonds is 4. The van der Waals surface area contributed by atoms with Gasteiger partial charge in [0.1, 0.15) is 11.8 Å². The second kappa shape index (κ2) is 7.26. The summed E-state index contributed by atoms with van der Waals surface area (Å²) in [5.74, 6) is -0.391. The Bertz CT molecular complexity index is 826. The Balaban J connectivity index is 2.13. The van der Waals surface area contributed by atoms with Crippen molar-refractivity contribution in [2.24, 2.45) is 0 Å². The van der Waals surface area contributed by atoms with Crippen molar-refractivity contribution in [1.29, 1.82) is 5.26 Å². The van der Waals surface area contributed by atoms with E-state index >= 15 is 0 Å². The summed E-state index contributed by atoms with van der Waals surface area (Å²) in [5, 5.41) is 11.4. The molecule has 130 valence electrons. The third-order valence-electron chi connectivity index (χ3n) is 3.49. The highest BCUT2D eigenvalue weighted by Gasteiger charge is 2.32. The van der Waals surface area contributed by atoms with Gasteiger partial charge in [0.05, 0.1) is 11.1 Å². The van der Waals surface area contributed by atoms with Gasteiger partial charge in [0.25, 0.3) is 5.91 Å². The van der Waals surface area contributed by atoms with Crippen LogP contribution in [0, 0.1) is 18.3 Å². The first-order valence-corrected chi connectivity index (χ1v) is 7.37. The number of hydrogen-bond donors (Lipinski definition) is 1. The average Bonchev–Trinajstić information content (AvgIpc) is 2.56. The van der Waals surface area contributed by atoms with Crippen molar-refractivity contribution in [2.75, 3.05) is 5.32 Å². The Labute approximate surface area is 142 Å². The van der Waals surface area contributed by atoms with Crippen molar-refractivity contribution in [3.63, 3.8) is 0 Å². The highest BCUT2D eigenvalue weighted by atomic mass is 19.4. The van der Waals surface area contributed by atoms with Crippen molar-refractivity contribution in [1.82, 2.24) is 0 Å². The molecular weight excluding hydrogens is 333 g/mol. The molecule has 0 bridgehead atoms. The van der Waals surface area contributed by atoms with E-state index in [-0.39, 0.29) is 22.6 Å². The van der Waals surface area contributed by atoms with Crippen LogP contribution in [0.2, 0.25) is 0 Å². The SMILES string of the molecule is Cc1ccc(NC(=O)C(C)Oc2ccccc2C#N)cc1C(F)(F)F. The number of nitrogens with zero attached hydrogens (tertiary/aromatic N) is 1. The quantitative estimate of drug-likeness (QED) is 0.896. The van der Waals surface area contributed by atoms with Crippen LogP contribution in [-0.2, 0) is 11.0 Å². The minimum Gasteiger partial charge on any atom is -0.480 e. The highest BCUT2D eigenvalue weighted by Crippen LogP contribution is 2.33. The Morgan fingerprint density at radius 1 is 1.24 bits per heavy atom. The minimum absolute atomic E-state index is 0.0203. The third-order valence-corrected chi connectivity index (χ3v) is 3.49. The van der Waals surface area contributed by atoms with E-state index in [1.165, 1.54) is 38.1 Å². The number of hydrogen-bond acceptors (Lipinski definition) is 3. The van der Waals surface area contributed by atoms with Gasteiger partial charge in [-0.3, -0.25) is 4.79 Å². The second-order valence-corrected chi connectivity index (χ2v) is 5.38. The van der Waals surface area contributed by atoms with E-state index in [2.05, 4.69) is 5.32 Å². The van der Waals surface area contributed by atoms with Crippen molar-refractivity contribution < 1.29 is 22.7 Å². The first kappa shape index (κ1) is 18.3. The first-order valence-electron chi connectivity index (χ1n) is 7.37. The van der Waals surface area contributed by atoms with Crippen LogP contribution in [0.25, 0.3) is 0 Å². The van der Waals surface area contributed by atoms with E-state index < -0.39 is 23.8 Å². The second-order valence-electron chi connectivity index (χ2n) is 5.38. The molecule has 0 heterocycles. The molecule has 1 N–H and O–H groups in total. The summed E-state index contributed by atoms with van der Waals surface area (Å²) in [7, 11) is 0. The summed E-state index contributed by atoms with van der Waals surface area (Å²) in [4.78, 5) is 12.2. The zero-order valence-electron chi connectivity index (χ0n) is 13.5. The van der Waals surface area contributed by atoms with Gasteiger partial charge in [0, 0.05) is 5.69 Å². The fraction of sp³-hybridized carbons (Fsp3) is 0.222. The third kappa shape index (κ3) is 4.51. The number of anilines is 1. The van der Waals surface area contributed by atoms with E-state index in [0.717, 1.165) is 6.07 Å². The molecule has 0 saturated carbocycles. The van der Waals surface area contributed by atoms with Gasteiger partial charge < -0.3 is 10.1 Å². The Kier molecular flexibility index (Phi) is 5.32. The molecule has 0 saturated heterocycles. The van der Waals surface area contributed by atoms with Gasteiger partial charge in [-0.15, -0.1) is 0 Å². The summed E-state index contributed by atoms with van der Waals surface area (Å²) in [6.07, 6.45) is -5.50. The average molecular weight is 348 g/mol. The van der Waals surface area contributed by atoms with Gasteiger partial charge >= 0.3 is 6.18 Å². The van der Waals surface area contributed by atoms with Crippen LogP contribution >= 0.6 is 0 Å². The van der Waals surface area contributed by atoms with Crippen LogP contribution in [0.3, 0.4) is 0 Å². The molecule has 1 unspecified atom stereocenters. The number of para-hydroxylation sites is 1. The Hall–Kier alpha value is -3.01. The van der Waals surface area contributed by atoms with Gasteiger partial charge in [-0.1, -0.05) is 18.2 Å². The van der Waals surface area contributed by atoms with E-state index in [1.807, 2.05) is 6.07 Å². The zero-order chi connectivity index (χ0) is 18.6. The van der Waals surface area contributed by atoms with Crippen molar-refractivity contribution >= 4 is 11.6 Å².